The summed E-state index contributed by atoms with van der Waals surface area (Å²) in [6.45, 7) is 3.21. The number of fused-ring (bicyclic) bond motifs is 1. The molecule has 1 aromatic rings. The molecule has 0 saturated heterocycles. The average Bonchev–Trinajstić information content (AvgIpc) is 3.14. The van der Waals surface area contributed by atoms with E-state index in [1.165, 1.54) is 24.0 Å². The van der Waals surface area contributed by atoms with Crippen LogP contribution in [0.3, 0.4) is 0 Å². The Morgan fingerprint density at radius 1 is 1.41 bits per heavy atom. The minimum absolute atomic E-state index is 0. The van der Waals surface area contributed by atoms with Crippen molar-refractivity contribution in [2.45, 2.75) is 57.7 Å². The van der Waals surface area contributed by atoms with Crippen LogP contribution in [0.1, 0.15) is 43.7 Å². The van der Waals surface area contributed by atoms with E-state index in [1.807, 2.05) is 11.0 Å². The normalized spacial score (nSPS) is 18.3. The van der Waals surface area contributed by atoms with Crippen molar-refractivity contribution in [1.82, 2.24) is 4.90 Å². The highest BCUT2D eigenvalue weighted by atomic mass is 35.5. The molecule has 0 spiro atoms. The molecule has 0 aromatic heterocycles. The lowest BCUT2D eigenvalue weighted by Gasteiger charge is -2.30. The third kappa shape index (κ3) is 3.55. The number of hydrogen-bond donors (Lipinski definition) is 1. The van der Waals surface area contributed by atoms with Crippen LogP contribution in [0.5, 0.6) is 5.75 Å². The maximum atomic E-state index is 12.4. The van der Waals surface area contributed by atoms with Gasteiger partial charge in [0.05, 0.1) is 12.6 Å². The lowest BCUT2D eigenvalue weighted by molar-refractivity contribution is -0.135. The Labute approximate surface area is 138 Å². The van der Waals surface area contributed by atoms with Gasteiger partial charge >= 0.3 is 0 Å². The molecule has 0 bridgehead atoms. The smallest absolute Gasteiger partial charge is 0.239 e. The second-order valence-corrected chi connectivity index (χ2v) is 6.23. The number of ether oxygens (including phenoxy) is 1. The number of carbonyl (C=O) groups excluding carboxylic acids is 1. The van der Waals surface area contributed by atoms with E-state index in [0.717, 1.165) is 31.6 Å². The van der Waals surface area contributed by atoms with Crippen LogP contribution in [0.15, 0.2) is 18.2 Å². The second kappa shape index (κ2) is 7.34. The van der Waals surface area contributed by atoms with Crippen molar-refractivity contribution in [3.8, 4) is 5.75 Å². The van der Waals surface area contributed by atoms with E-state index >= 15 is 0 Å². The van der Waals surface area contributed by atoms with Gasteiger partial charge in [0.1, 0.15) is 5.75 Å². The van der Waals surface area contributed by atoms with Gasteiger partial charge in [-0.3, -0.25) is 4.79 Å². The molecule has 4 nitrogen and oxygen atoms in total. The maximum Gasteiger partial charge on any atom is 0.239 e. The lowest BCUT2D eigenvalue weighted by atomic mass is 10.1. The summed E-state index contributed by atoms with van der Waals surface area (Å²) in [4.78, 5) is 14.4. The van der Waals surface area contributed by atoms with Crippen LogP contribution < -0.4 is 10.5 Å². The summed E-state index contributed by atoms with van der Waals surface area (Å²) in [6, 6.07) is 6.21. The Balaban J connectivity index is 0.00000176. The molecular weight excluding hydrogens is 300 g/mol. The topological polar surface area (TPSA) is 55.6 Å². The Morgan fingerprint density at radius 3 is 2.82 bits per heavy atom. The van der Waals surface area contributed by atoms with Gasteiger partial charge in [0, 0.05) is 19.0 Å². The van der Waals surface area contributed by atoms with Gasteiger partial charge in [-0.2, -0.15) is 0 Å². The first-order valence-electron chi connectivity index (χ1n) is 7.96. The van der Waals surface area contributed by atoms with Gasteiger partial charge in [-0.05, 0) is 37.0 Å². The van der Waals surface area contributed by atoms with Crippen molar-refractivity contribution in [3.05, 3.63) is 29.3 Å². The van der Waals surface area contributed by atoms with Crippen molar-refractivity contribution >= 4 is 18.3 Å². The monoisotopic (exact) mass is 324 g/mol. The summed E-state index contributed by atoms with van der Waals surface area (Å²) in [5.41, 5.74) is 8.27. The van der Waals surface area contributed by atoms with E-state index in [4.69, 9.17) is 10.5 Å². The predicted molar refractivity (Wildman–Crippen MR) is 89.3 cm³/mol. The molecule has 122 valence electrons. The number of hydrogen-bond acceptors (Lipinski definition) is 3. The van der Waals surface area contributed by atoms with Gasteiger partial charge in [-0.15, -0.1) is 12.4 Å². The molecule has 1 atom stereocenters. The van der Waals surface area contributed by atoms with E-state index in [-0.39, 0.29) is 18.3 Å². The van der Waals surface area contributed by atoms with E-state index in [0.29, 0.717) is 12.6 Å². The average molecular weight is 325 g/mol. The van der Waals surface area contributed by atoms with Gasteiger partial charge in [0.2, 0.25) is 5.91 Å². The van der Waals surface area contributed by atoms with Crippen molar-refractivity contribution < 1.29 is 9.53 Å². The molecule has 22 heavy (non-hydrogen) atoms. The van der Waals surface area contributed by atoms with E-state index in [2.05, 4.69) is 12.1 Å². The predicted octanol–water partition coefficient (Wildman–Crippen LogP) is 2.66. The molecule has 1 fully saturated rings. The minimum atomic E-state index is -0.427. The molecule has 1 saturated carbocycles. The summed E-state index contributed by atoms with van der Waals surface area (Å²) in [5, 5.41) is 0. The van der Waals surface area contributed by atoms with Crippen molar-refractivity contribution in [3.63, 3.8) is 0 Å². The van der Waals surface area contributed by atoms with Gasteiger partial charge < -0.3 is 15.4 Å². The highest BCUT2D eigenvalue weighted by molar-refractivity contribution is 5.85. The fourth-order valence-corrected chi connectivity index (χ4v) is 3.40. The van der Waals surface area contributed by atoms with Crippen LogP contribution in [0.4, 0.5) is 0 Å². The Bertz CT molecular complexity index is 527. The molecule has 1 aliphatic carbocycles. The van der Waals surface area contributed by atoms with E-state index in [9.17, 15) is 4.79 Å². The Hall–Kier alpha value is -1.26. The van der Waals surface area contributed by atoms with Crippen LogP contribution in [0.25, 0.3) is 0 Å². The molecule has 1 heterocycles. The summed E-state index contributed by atoms with van der Waals surface area (Å²) in [6.07, 6.45) is 5.60. The highest BCUT2D eigenvalue weighted by Crippen LogP contribution is 2.29. The second-order valence-electron chi connectivity index (χ2n) is 6.23. The number of amides is 1. The third-order valence-corrected chi connectivity index (χ3v) is 4.54. The lowest BCUT2D eigenvalue weighted by Crippen LogP contribution is -2.46. The van der Waals surface area contributed by atoms with Crippen LogP contribution in [0.2, 0.25) is 0 Å². The molecule has 0 radical (unpaired) electrons. The number of nitrogens with two attached hydrogens (primary N) is 1. The number of rotatable bonds is 4. The molecule has 3 rings (SSSR count). The Kier molecular flexibility index (Phi) is 5.70. The van der Waals surface area contributed by atoms with Crippen molar-refractivity contribution in [1.29, 1.82) is 0 Å². The van der Waals surface area contributed by atoms with Gasteiger partial charge in [0.15, 0.2) is 0 Å². The quantitative estimate of drug-likeness (QED) is 0.926. The van der Waals surface area contributed by atoms with Gasteiger partial charge in [-0.25, -0.2) is 0 Å². The largest absolute Gasteiger partial charge is 0.493 e. The van der Waals surface area contributed by atoms with Crippen LogP contribution in [-0.4, -0.2) is 29.5 Å². The molecular formula is C17H25ClN2O2. The van der Waals surface area contributed by atoms with E-state index in [1.54, 1.807) is 6.92 Å². The van der Waals surface area contributed by atoms with Crippen LogP contribution in [-0.2, 0) is 17.8 Å². The first kappa shape index (κ1) is 17.1. The molecule has 2 aliphatic rings. The molecule has 1 aliphatic heterocycles. The first-order valence-corrected chi connectivity index (χ1v) is 7.96. The van der Waals surface area contributed by atoms with Gasteiger partial charge in [-0.1, -0.05) is 25.0 Å². The zero-order chi connectivity index (χ0) is 14.8. The fraction of sp³-hybridized carbons (Fsp3) is 0.588. The van der Waals surface area contributed by atoms with Crippen molar-refractivity contribution in [2.75, 3.05) is 6.61 Å². The number of carbonyl (C=O) groups is 1. The summed E-state index contributed by atoms with van der Waals surface area (Å²) >= 11 is 0. The molecule has 0 unspecified atom stereocenters. The van der Waals surface area contributed by atoms with Crippen LogP contribution in [0, 0.1) is 0 Å². The maximum absolute atomic E-state index is 12.4. The minimum Gasteiger partial charge on any atom is -0.493 e. The molecule has 1 amide bonds. The third-order valence-electron chi connectivity index (χ3n) is 4.54. The summed E-state index contributed by atoms with van der Waals surface area (Å²) in [7, 11) is 0. The Morgan fingerprint density at radius 2 is 2.14 bits per heavy atom. The highest BCUT2D eigenvalue weighted by Gasteiger charge is 2.28. The number of benzene rings is 1. The van der Waals surface area contributed by atoms with Crippen LogP contribution >= 0.6 is 12.4 Å². The molecule has 5 heteroatoms. The first-order chi connectivity index (χ1) is 10.1. The molecule has 1 aromatic carbocycles. The molecule has 2 N–H and O–H groups in total. The van der Waals surface area contributed by atoms with Gasteiger partial charge in [0.25, 0.3) is 0 Å². The van der Waals surface area contributed by atoms with Crippen molar-refractivity contribution in [2.24, 2.45) is 5.73 Å². The number of halogens is 1. The zero-order valence-corrected chi connectivity index (χ0v) is 13.9. The summed E-state index contributed by atoms with van der Waals surface area (Å²) < 4.78 is 5.54. The zero-order valence-electron chi connectivity index (χ0n) is 13.1. The standard InChI is InChI=1S/C17H24N2O2.ClH/c1-12(18)17(20)19(15-4-2-3-5-15)11-13-6-7-16-14(10-13)8-9-21-16;/h6-7,10,12,15H,2-5,8-9,11,18H2,1H3;1H/t12-;/m0./s1. The summed E-state index contributed by atoms with van der Waals surface area (Å²) in [5.74, 6) is 1.06. The van der Waals surface area contributed by atoms with E-state index < -0.39 is 6.04 Å². The fourth-order valence-electron chi connectivity index (χ4n) is 3.40. The SMILES string of the molecule is C[C@H](N)C(=O)N(Cc1ccc2c(c1)CCO2)C1CCCC1.Cl. The number of nitrogens with zero attached hydrogens (tertiary/aromatic N) is 1.